The fourth-order valence-corrected chi connectivity index (χ4v) is 1.21. The van der Waals surface area contributed by atoms with Crippen molar-refractivity contribution in [3.8, 4) is 5.75 Å². The van der Waals surface area contributed by atoms with E-state index in [0.717, 1.165) is 30.0 Å². The van der Waals surface area contributed by atoms with Crippen molar-refractivity contribution in [1.29, 1.82) is 0 Å². The predicted octanol–water partition coefficient (Wildman–Crippen LogP) is 1.85. The van der Waals surface area contributed by atoms with Gasteiger partial charge in [0.2, 0.25) is 0 Å². The van der Waals surface area contributed by atoms with E-state index in [1.807, 2.05) is 25.2 Å². The van der Waals surface area contributed by atoms with Crippen molar-refractivity contribution in [2.24, 2.45) is 0 Å². The lowest BCUT2D eigenvalue weighted by molar-refractivity contribution is 0.305. The lowest BCUT2D eigenvalue weighted by atomic mass is 10.2. The average Bonchev–Trinajstić information content (AvgIpc) is 2.89. The van der Waals surface area contributed by atoms with Gasteiger partial charge in [0.05, 0.1) is 11.8 Å². The molecule has 13 heavy (non-hydrogen) atoms. The summed E-state index contributed by atoms with van der Waals surface area (Å²) in [5.41, 5.74) is 7.42. The van der Waals surface area contributed by atoms with Gasteiger partial charge in [0, 0.05) is 18.8 Å². The zero-order chi connectivity index (χ0) is 9.26. The van der Waals surface area contributed by atoms with Crippen LogP contribution in [-0.2, 0) is 0 Å². The molecule has 1 aromatic rings. The summed E-state index contributed by atoms with van der Waals surface area (Å²) in [7, 11) is 1.88. The fourth-order valence-electron chi connectivity index (χ4n) is 1.21. The van der Waals surface area contributed by atoms with Crippen LogP contribution >= 0.6 is 0 Å². The van der Waals surface area contributed by atoms with Crippen molar-refractivity contribution in [2.75, 3.05) is 18.1 Å². The highest BCUT2D eigenvalue weighted by Crippen LogP contribution is 2.33. The molecule has 1 aliphatic rings. The van der Waals surface area contributed by atoms with Gasteiger partial charge in [-0.2, -0.15) is 0 Å². The first-order valence-electron chi connectivity index (χ1n) is 4.53. The van der Waals surface area contributed by atoms with Gasteiger partial charge in [-0.15, -0.1) is 0 Å². The van der Waals surface area contributed by atoms with Crippen molar-refractivity contribution in [2.45, 2.75) is 18.9 Å². The van der Waals surface area contributed by atoms with Gasteiger partial charge >= 0.3 is 0 Å². The molecule has 0 aliphatic heterocycles. The normalized spacial score (nSPS) is 15.5. The molecule has 1 fully saturated rings. The van der Waals surface area contributed by atoms with E-state index in [-0.39, 0.29) is 0 Å². The van der Waals surface area contributed by atoms with E-state index in [2.05, 4.69) is 5.32 Å². The van der Waals surface area contributed by atoms with E-state index in [0.29, 0.717) is 6.10 Å². The summed E-state index contributed by atoms with van der Waals surface area (Å²) in [6.07, 6.45) is 2.74. The summed E-state index contributed by atoms with van der Waals surface area (Å²) in [4.78, 5) is 0. The minimum Gasteiger partial charge on any atom is -0.488 e. The number of hydrogen-bond donors (Lipinski definition) is 2. The third-order valence-electron chi connectivity index (χ3n) is 2.09. The Morgan fingerprint density at radius 2 is 2.23 bits per heavy atom. The molecule has 0 heterocycles. The molecule has 3 N–H and O–H groups in total. The lowest BCUT2D eigenvalue weighted by Gasteiger charge is -2.10. The van der Waals surface area contributed by atoms with Crippen molar-refractivity contribution in [1.82, 2.24) is 0 Å². The second-order valence-corrected chi connectivity index (χ2v) is 3.32. The van der Waals surface area contributed by atoms with E-state index in [1.165, 1.54) is 0 Å². The molecule has 0 atom stereocenters. The summed E-state index contributed by atoms with van der Waals surface area (Å²) >= 11 is 0. The van der Waals surface area contributed by atoms with Crippen molar-refractivity contribution >= 4 is 11.4 Å². The van der Waals surface area contributed by atoms with Crippen molar-refractivity contribution in [3.05, 3.63) is 18.2 Å². The van der Waals surface area contributed by atoms with Crippen LogP contribution in [0.5, 0.6) is 5.75 Å². The highest BCUT2D eigenvalue weighted by molar-refractivity contribution is 5.62. The largest absolute Gasteiger partial charge is 0.488 e. The molecule has 2 rings (SSSR count). The number of rotatable bonds is 3. The van der Waals surface area contributed by atoms with Gasteiger partial charge in [-0.05, 0) is 25.0 Å². The van der Waals surface area contributed by atoms with E-state index >= 15 is 0 Å². The van der Waals surface area contributed by atoms with Gasteiger partial charge in [0.25, 0.3) is 0 Å². The number of nitrogens with one attached hydrogen (secondary N) is 1. The quantitative estimate of drug-likeness (QED) is 0.694. The van der Waals surface area contributed by atoms with Gasteiger partial charge < -0.3 is 15.8 Å². The first-order valence-corrected chi connectivity index (χ1v) is 4.53. The zero-order valence-electron chi connectivity index (χ0n) is 7.71. The zero-order valence-corrected chi connectivity index (χ0v) is 7.71. The molecule has 0 saturated heterocycles. The van der Waals surface area contributed by atoms with Crippen LogP contribution in [0.2, 0.25) is 0 Å². The van der Waals surface area contributed by atoms with Crippen molar-refractivity contribution in [3.63, 3.8) is 0 Å². The molecule has 0 radical (unpaired) electrons. The number of nitrogens with two attached hydrogens (primary N) is 1. The Labute approximate surface area is 77.9 Å². The summed E-state index contributed by atoms with van der Waals surface area (Å²) in [5, 5.41) is 3.08. The monoisotopic (exact) mass is 178 g/mol. The molecule has 70 valence electrons. The highest BCUT2D eigenvalue weighted by Gasteiger charge is 2.24. The van der Waals surface area contributed by atoms with Crippen LogP contribution in [0.1, 0.15) is 12.8 Å². The predicted molar refractivity (Wildman–Crippen MR) is 54.1 cm³/mol. The van der Waals surface area contributed by atoms with E-state index in [4.69, 9.17) is 10.5 Å². The standard InChI is InChI=1S/C10H14N2O/c1-12-9-5-2-7(11)6-10(9)13-8-3-4-8/h2,5-6,8,12H,3-4,11H2,1H3. The minimum absolute atomic E-state index is 0.411. The molecule has 0 unspecified atom stereocenters. The molecular formula is C10H14N2O. The SMILES string of the molecule is CNc1ccc(N)cc1OC1CC1. The molecule has 0 bridgehead atoms. The molecule has 1 saturated carbocycles. The molecule has 0 aromatic heterocycles. The maximum absolute atomic E-state index is 5.69. The van der Waals surface area contributed by atoms with Gasteiger partial charge in [-0.25, -0.2) is 0 Å². The second kappa shape index (κ2) is 3.17. The first kappa shape index (κ1) is 8.23. The van der Waals surface area contributed by atoms with Crippen molar-refractivity contribution < 1.29 is 4.74 Å². The summed E-state index contributed by atoms with van der Waals surface area (Å²) in [5.74, 6) is 0.866. The first-order chi connectivity index (χ1) is 6.29. The molecule has 0 amide bonds. The maximum atomic E-state index is 5.69. The smallest absolute Gasteiger partial charge is 0.144 e. The number of ether oxygens (including phenoxy) is 1. The third-order valence-corrected chi connectivity index (χ3v) is 2.09. The Morgan fingerprint density at radius 1 is 1.46 bits per heavy atom. The molecular weight excluding hydrogens is 164 g/mol. The van der Waals surface area contributed by atoms with E-state index in [9.17, 15) is 0 Å². The van der Waals surface area contributed by atoms with Crippen LogP contribution < -0.4 is 15.8 Å². The molecule has 0 spiro atoms. The van der Waals surface area contributed by atoms with Crippen LogP contribution in [0.4, 0.5) is 11.4 Å². The lowest BCUT2D eigenvalue weighted by Crippen LogP contribution is -2.00. The second-order valence-electron chi connectivity index (χ2n) is 3.32. The molecule has 1 aliphatic carbocycles. The van der Waals surface area contributed by atoms with Crippen LogP contribution in [0.25, 0.3) is 0 Å². The Morgan fingerprint density at radius 3 is 2.85 bits per heavy atom. The minimum atomic E-state index is 0.411. The summed E-state index contributed by atoms with van der Waals surface area (Å²) in [6, 6.07) is 5.67. The number of hydrogen-bond acceptors (Lipinski definition) is 3. The number of nitrogen functional groups attached to an aromatic ring is 1. The van der Waals surface area contributed by atoms with Crippen LogP contribution in [-0.4, -0.2) is 13.2 Å². The Balaban J connectivity index is 2.22. The Hall–Kier alpha value is -1.38. The fraction of sp³-hybridized carbons (Fsp3) is 0.400. The van der Waals surface area contributed by atoms with Gasteiger partial charge in [-0.3, -0.25) is 0 Å². The van der Waals surface area contributed by atoms with Gasteiger partial charge in [0.15, 0.2) is 0 Å². The van der Waals surface area contributed by atoms with Gasteiger partial charge in [-0.1, -0.05) is 0 Å². The molecule has 1 aromatic carbocycles. The van der Waals surface area contributed by atoms with E-state index in [1.54, 1.807) is 0 Å². The highest BCUT2D eigenvalue weighted by atomic mass is 16.5. The van der Waals surface area contributed by atoms with Crippen LogP contribution in [0, 0.1) is 0 Å². The number of anilines is 2. The molecule has 3 nitrogen and oxygen atoms in total. The summed E-state index contributed by atoms with van der Waals surface area (Å²) in [6.45, 7) is 0. The average molecular weight is 178 g/mol. The topological polar surface area (TPSA) is 47.3 Å². The number of benzene rings is 1. The Bertz CT molecular complexity index is 308. The van der Waals surface area contributed by atoms with Crippen LogP contribution in [0.15, 0.2) is 18.2 Å². The molecule has 3 heteroatoms. The van der Waals surface area contributed by atoms with Crippen LogP contribution in [0.3, 0.4) is 0 Å². The van der Waals surface area contributed by atoms with Gasteiger partial charge in [0.1, 0.15) is 5.75 Å². The van der Waals surface area contributed by atoms with E-state index < -0.39 is 0 Å². The summed E-state index contributed by atoms with van der Waals surface area (Å²) < 4.78 is 5.69. The Kier molecular flexibility index (Phi) is 2.00. The third kappa shape index (κ3) is 1.86. The maximum Gasteiger partial charge on any atom is 0.144 e.